The maximum atomic E-state index is 12.7. The highest BCUT2D eigenvalue weighted by molar-refractivity contribution is 6.06. The third-order valence-electron chi connectivity index (χ3n) is 3.89. The Kier molecular flexibility index (Phi) is 4.02. The zero-order valence-electron chi connectivity index (χ0n) is 12.6. The van der Waals surface area contributed by atoms with Gasteiger partial charge < -0.3 is 14.5 Å². The predicted molar refractivity (Wildman–Crippen MR) is 81.1 cm³/mol. The molecular formula is C16H20N2O3. The molecule has 1 unspecified atom stereocenters. The van der Waals surface area contributed by atoms with E-state index in [9.17, 15) is 9.59 Å². The van der Waals surface area contributed by atoms with Gasteiger partial charge in [-0.3, -0.25) is 4.79 Å². The number of hydrogen-bond acceptors (Lipinski definition) is 4. The van der Waals surface area contributed by atoms with Gasteiger partial charge in [0, 0.05) is 13.6 Å². The van der Waals surface area contributed by atoms with Gasteiger partial charge in [0.25, 0.3) is 5.91 Å². The number of anilines is 1. The second kappa shape index (κ2) is 5.60. The molecule has 1 aliphatic heterocycles. The summed E-state index contributed by atoms with van der Waals surface area (Å²) in [5.74, 6) is -0.642. The number of carbonyl (C=O) groups excluding carboxylic acids is 2. The first-order valence-corrected chi connectivity index (χ1v) is 6.91. The Labute approximate surface area is 124 Å². The van der Waals surface area contributed by atoms with Gasteiger partial charge in [-0.2, -0.15) is 0 Å². The van der Waals surface area contributed by atoms with E-state index < -0.39 is 11.6 Å². The molecule has 0 aromatic heterocycles. The van der Waals surface area contributed by atoms with Crippen LogP contribution in [0.2, 0.25) is 0 Å². The number of hydrogen-bond donors (Lipinski definition) is 0. The van der Waals surface area contributed by atoms with E-state index in [-0.39, 0.29) is 19.1 Å². The monoisotopic (exact) mass is 288 g/mol. The van der Waals surface area contributed by atoms with Crippen molar-refractivity contribution < 1.29 is 14.3 Å². The van der Waals surface area contributed by atoms with Crippen LogP contribution in [0.15, 0.2) is 36.9 Å². The van der Waals surface area contributed by atoms with Crippen molar-refractivity contribution >= 4 is 17.6 Å². The molecule has 112 valence electrons. The first-order chi connectivity index (χ1) is 9.98. The van der Waals surface area contributed by atoms with E-state index >= 15 is 0 Å². The standard InChI is InChI=1S/C16H20N2O3/c1-5-11-18-14(19)12-9-7-8-10-13(12)17(4)16(18,3)15(20)21-6-2/h5,7-10H,1,6,11H2,2-4H3. The molecule has 0 N–H and O–H groups in total. The van der Waals surface area contributed by atoms with Gasteiger partial charge in [-0.1, -0.05) is 18.2 Å². The summed E-state index contributed by atoms with van der Waals surface area (Å²) >= 11 is 0. The van der Waals surface area contributed by atoms with Crippen LogP contribution in [0.25, 0.3) is 0 Å². The molecule has 5 nitrogen and oxygen atoms in total. The van der Waals surface area contributed by atoms with E-state index in [1.54, 1.807) is 37.9 Å². The van der Waals surface area contributed by atoms with Crippen LogP contribution in [-0.2, 0) is 9.53 Å². The van der Waals surface area contributed by atoms with Gasteiger partial charge in [0.15, 0.2) is 0 Å². The molecule has 2 rings (SSSR count). The molecule has 0 bridgehead atoms. The van der Waals surface area contributed by atoms with E-state index in [1.807, 2.05) is 18.2 Å². The number of likely N-dealkylation sites (N-methyl/N-ethyl adjacent to an activating group) is 1. The van der Waals surface area contributed by atoms with Crippen molar-refractivity contribution in [2.45, 2.75) is 19.5 Å². The largest absolute Gasteiger partial charge is 0.463 e. The number of para-hydroxylation sites is 1. The molecule has 0 aliphatic carbocycles. The summed E-state index contributed by atoms with van der Waals surface area (Å²) in [7, 11) is 1.79. The average Bonchev–Trinajstić information content (AvgIpc) is 2.49. The highest BCUT2D eigenvalue weighted by Crippen LogP contribution is 2.36. The topological polar surface area (TPSA) is 49.9 Å². The minimum atomic E-state index is -1.18. The van der Waals surface area contributed by atoms with Gasteiger partial charge in [-0.05, 0) is 26.0 Å². The first-order valence-electron chi connectivity index (χ1n) is 6.91. The van der Waals surface area contributed by atoms with Gasteiger partial charge in [-0.25, -0.2) is 4.79 Å². The molecule has 0 saturated heterocycles. The number of carbonyl (C=O) groups is 2. The van der Waals surface area contributed by atoms with Crippen molar-refractivity contribution in [3.05, 3.63) is 42.5 Å². The number of benzene rings is 1. The molecule has 0 fully saturated rings. The molecule has 1 amide bonds. The summed E-state index contributed by atoms with van der Waals surface area (Å²) < 4.78 is 5.19. The Morgan fingerprint density at radius 2 is 2.10 bits per heavy atom. The summed E-state index contributed by atoms with van der Waals surface area (Å²) in [6.45, 7) is 7.66. The molecule has 1 heterocycles. The summed E-state index contributed by atoms with van der Waals surface area (Å²) in [5.41, 5.74) is 0.109. The first kappa shape index (κ1) is 15.1. The number of rotatable bonds is 4. The highest BCUT2D eigenvalue weighted by atomic mass is 16.5. The van der Waals surface area contributed by atoms with Crippen molar-refractivity contribution in [3.8, 4) is 0 Å². The van der Waals surface area contributed by atoms with Crippen LogP contribution in [0.3, 0.4) is 0 Å². The lowest BCUT2D eigenvalue weighted by Gasteiger charge is -2.49. The van der Waals surface area contributed by atoms with Crippen LogP contribution in [0.5, 0.6) is 0 Å². The zero-order chi connectivity index (χ0) is 15.6. The van der Waals surface area contributed by atoms with E-state index in [1.165, 1.54) is 4.90 Å². The Bertz CT molecular complexity index is 585. The Hall–Kier alpha value is -2.30. The number of amides is 1. The molecule has 0 spiro atoms. The van der Waals surface area contributed by atoms with Crippen LogP contribution < -0.4 is 4.90 Å². The normalized spacial score (nSPS) is 21.0. The van der Waals surface area contributed by atoms with Gasteiger partial charge in [-0.15, -0.1) is 6.58 Å². The van der Waals surface area contributed by atoms with Gasteiger partial charge >= 0.3 is 5.97 Å². The maximum Gasteiger partial charge on any atom is 0.353 e. The minimum absolute atomic E-state index is 0.195. The Balaban J connectivity index is 2.59. The second-order valence-corrected chi connectivity index (χ2v) is 5.02. The molecule has 0 radical (unpaired) electrons. The van der Waals surface area contributed by atoms with Crippen molar-refractivity contribution in [2.75, 3.05) is 25.1 Å². The van der Waals surface area contributed by atoms with Gasteiger partial charge in [0.05, 0.1) is 17.9 Å². The van der Waals surface area contributed by atoms with Crippen molar-refractivity contribution in [1.82, 2.24) is 4.90 Å². The predicted octanol–water partition coefficient (Wildman–Crippen LogP) is 2.04. The average molecular weight is 288 g/mol. The SMILES string of the molecule is C=CCN1C(=O)c2ccccc2N(C)C1(C)C(=O)OCC. The van der Waals surface area contributed by atoms with E-state index in [4.69, 9.17) is 4.74 Å². The van der Waals surface area contributed by atoms with E-state index in [0.717, 1.165) is 5.69 Å². The highest BCUT2D eigenvalue weighted by Gasteiger charge is 2.51. The Morgan fingerprint density at radius 3 is 2.71 bits per heavy atom. The number of esters is 1. The lowest BCUT2D eigenvalue weighted by atomic mass is 9.98. The van der Waals surface area contributed by atoms with Gasteiger partial charge in [0.2, 0.25) is 5.66 Å². The summed E-state index contributed by atoms with van der Waals surface area (Å²) in [6.07, 6.45) is 1.61. The second-order valence-electron chi connectivity index (χ2n) is 5.02. The molecule has 1 aliphatic rings. The zero-order valence-corrected chi connectivity index (χ0v) is 12.6. The molecule has 5 heteroatoms. The fourth-order valence-corrected chi connectivity index (χ4v) is 2.61. The summed E-state index contributed by atoms with van der Waals surface area (Å²) in [6, 6.07) is 7.24. The fourth-order valence-electron chi connectivity index (χ4n) is 2.61. The van der Waals surface area contributed by atoms with Crippen LogP contribution >= 0.6 is 0 Å². The maximum absolute atomic E-state index is 12.7. The lowest BCUT2D eigenvalue weighted by Crippen LogP contribution is -2.67. The molecular weight excluding hydrogens is 268 g/mol. The lowest BCUT2D eigenvalue weighted by molar-refractivity contribution is -0.155. The van der Waals surface area contributed by atoms with Crippen molar-refractivity contribution in [3.63, 3.8) is 0 Å². The molecule has 0 saturated carbocycles. The molecule has 21 heavy (non-hydrogen) atoms. The summed E-state index contributed by atoms with van der Waals surface area (Å²) in [5, 5.41) is 0. The molecule has 1 aromatic carbocycles. The van der Waals surface area contributed by atoms with E-state index in [0.29, 0.717) is 5.56 Å². The molecule has 1 aromatic rings. The van der Waals surface area contributed by atoms with Crippen LogP contribution in [0.4, 0.5) is 5.69 Å². The van der Waals surface area contributed by atoms with Crippen LogP contribution in [0, 0.1) is 0 Å². The van der Waals surface area contributed by atoms with Crippen LogP contribution in [-0.4, -0.2) is 42.6 Å². The van der Waals surface area contributed by atoms with Crippen LogP contribution in [0.1, 0.15) is 24.2 Å². The number of ether oxygens (including phenoxy) is 1. The Morgan fingerprint density at radius 1 is 1.43 bits per heavy atom. The third kappa shape index (κ3) is 2.18. The smallest absolute Gasteiger partial charge is 0.353 e. The quantitative estimate of drug-likeness (QED) is 0.628. The van der Waals surface area contributed by atoms with Crippen molar-refractivity contribution in [1.29, 1.82) is 0 Å². The molecule has 1 atom stereocenters. The number of nitrogens with zero attached hydrogens (tertiary/aromatic N) is 2. The minimum Gasteiger partial charge on any atom is -0.463 e. The summed E-state index contributed by atoms with van der Waals surface area (Å²) in [4.78, 5) is 28.5. The third-order valence-corrected chi connectivity index (χ3v) is 3.89. The number of fused-ring (bicyclic) bond motifs is 1. The van der Waals surface area contributed by atoms with Crippen molar-refractivity contribution in [2.24, 2.45) is 0 Å². The fraction of sp³-hybridized carbons (Fsp3) is 0.375. The van der Waals surface area contributed by atoms with Gasteiger partial charge in [0.1, 0.15) is 0 Å². The van der Waals surface area contributed by atoms with E-state index in [2.05, 4.69) is 6.58 Å².